The quantitative estimate of drug-likeness (QED) is 0.268. The second-order valence-corrected chi connectivity index (χ2v) is 10.9. The van der Waals surface area contributed by atoms with E-state index in [1.807, 2.05) is 0 Å². The number of hydrogen-bond donors (Lipinski definition) is 2. The van der Waals surface area contributed by atoms with Gasteiger partial charge in [0.1, 0.15) is 31.1 Å². The van der Waals surface area contributed by atoms with Crippen molar-refractivity contribution in [3.05, 3.63) is 78.0 Å². The average molecular weight is 621 g/mol. The number of carbonyl (C=O) groups excluding carboxylic acids is 3. The molecular formula is C32H30F2N4O7. The molecule has 0 spiro atoms. The number of amides is 2. The molecule has 1 saturated heterocycles. The zero-order chi connectivity index (χ0) is 31.7. The number of hydrogen-bond acceptors (Lipinski definition) is 8. The number of rotatable bonds is 9. The smallest absolute Gasteiger partial charge is 0.328 e. The molecule has 234 valence electrons. The third-order valence-electron chi connectivity index (χ3n) is 7.50. The van der Waals surface area contributed by atoms with E-state index in [0.717, 1.165) is 0 Å². The Balaban J connectivity index is 1.26. The van der Waals surface area contributed by atoms with Crippen molar-refractivity contribution in [1.29, 1.82) is 0 Å². The Bertz CT molecular complexity index is 1770. The molecule has 3 atom stereocenters. The van der Waals surface area contributed by atoms with Gasteiger partial charge < -0.3 is 29.6 Å². The van der Waals surface area contributed by atoms with Crippen LogP contribution in [0.4, 0.5) is 8.78 Å². The monoisotopic (exact) mass is 620 g/mol. The third kappa shape index (κ3) is 6.37. The molecule has 4 aromatic rings. The fourth-order valence-electron chi connectivity index (χ4n) is 5.19. The van der Waals surface area contributed by atoms with Gasteiger partial charge in [0.2, 0.25) is 0 Å². The molecule has 2 N–H and O–H groups in total. The Labute approximate surface area is 256 Å². The number of alkyl halides is 2. The normalized spacial score (nSPS) is 17.3. The maximum Gasteiger partial charge on any atom is 0.328 e. The predicted molar refractivity (Wildman–Crippen MR) is 157 cm³/mol. The highest BCUT2D eigenvalue weighted by molar-refractivity contribution is 5.97. The fourth-order valence-corrected chi connectivity index (χ4v) is 5.19. The van der Waals surface area contributed by atoms with E-state index in [0.29, 0.717) is 71.5 Å². The molecule has 0 bridgehead atoms. The molecule has 45 heavy (non-hydrogen) atoms. The van der Waals surface area contributed by atoms with Gasteiger partial charge >= 0.3 is 11.9 Å². The van der Waals surface area contributed by atoms with Gasteiger partial charge in [0.25, 0.3) is 11.8 Å². The molecule has 2 aliphatic rings. The summed E-state index contributed by atoms with van der Waals surface area (Å²) in [6, 6.07) is 15.7. The van der Waals surface area contributed by atoms with Crippen LogP contribution in [0.25, 0.3) is 16.6 Å². The lowest BCUT2D eigenvalue weighted by atomic mass is 10.0. The van der Waals surface area contributed by atoms with E-state index in [1.165, 1.54) is 0 Å². The molecule has 1 aromatic heterocycles. The number of esters is 1. The summed E-state index contributed by atoms with van der Waals surface area (Å²) >= 11 is 0. The summed E-state index contributed by atoms with van der Waals surface area (Å²) in [6.45, 7) is 3.16. The second-order valence-electron chi connectivity index (χ2n) is 10.9. The minimum Gasteiger partial charge on any atom is -0.486 e. The van der Waals surface area contributed by atoms with Crippen LogP contribution in [-0.4, -0.2) is 65.4 Å². The summed E-state index contributed by atoms with van der Waals surface area (Å²) < 4.78 is 51.7. The zero-order valence-corrected chi connectivity index (χ0v) is 24.4. The maximum absolute atomic E-state index is 13.7. The largest absolute Gasteiger partial charge is 0.486 e. The Hall–Kier alpha value is -5.20. The molecule has 0 aliphatic carbocycles. The van der Waals surface area contributed by atoms with Gasteiger partial charge in [-0.1, -0.05) is 12.1 Å². The van der Waals surface area contributed by atoms with Crippen molar-refractivity contribution in [2.75, 3.05) is 19.8 Å². The van der Waals surface area contributed by atoms with Gasteiger partial charge in [-0.3, -0.25) is 9.59 Å². The van der Waals surface area contributed by atoms with Crippen molar-refractivity contribution in [3.8, 4) is 22.9 Å². The van der Waals surface area contributed by atoms with Gasteiger partial charge in [-0.05, 0) is 61.0 Å². The molecule has 1 fully saturated rings. The van der Waals surface area contributed by atoms with Crippen LogP contribution in [0.15, 0.2) is 66.9 Å². The van der Waals surface area contributed by atoms with Crippen LogP contribution < -0.4 is 24.8 Å². The van der Waals surface area contributed by atoms with Crippen molar-refractivity contribution in [2.24, 2.45) is 0 Å². The predicted octanol–water partition coefficient (Wildman–Crippen LogP) is 4.12. The highest BCUT2D eigenvalue weighted by Gasteiger charge is 2.35. The molecule has 6 rings (SSSR count). The number of nitrogens with one attached hydrogen (secondary N) is 2. The summed E-state index contributed by atoms with van der Waals surface area (Å²) in [6.07, 6.45) is 1.18. The van der Waals surface area contributed by atoms with Crippen molar-refractivity contribution in [2.45, 2.75) is 44.4 Å². The van der Waals surface area contributed by atoms with E-state index in [-0.39, 0.29) is 6.61 Å². The van der Waals surface area contributed by atoms with E-state index < -0.39 is 41.9 Å². The summed E-state index contributed by atoms with van der Waals surface area (Å²) in [5.74, 6) is -4.40. The first-order valence-electron chi connectivity index (χ1n) is 14.4. The maximum atomic E-state index is 13.7. The second kappa shape index (κ2) is 12.1. The molecular weight excluding hydrogens is 590 g/mol. The van der Waals surface area contributed by atoms with Gasteiger partial charge in [-0.15, -0.1) is 0 Å². The molecule has 2 amide bonds. The van der Waals surface area contributed by atoms with Gasteiger partial charge in [0.15, 0.2) is 11.5 Å². The number of cyclic esters (lactones) is 1. The van der Waals surface area contributed by atoms with Crippen molar-refractivity contribution in [1.82, 2.24) is 20.4 Å². The fraction of sp³-hybridized carbons (Fsp3) is 0.312. The van der Waals surface area contributed by atoms with E-state index >= 15 is 0 Å². The number of nitrogens with zero attached hydrogens (tertiary/aromatic N) is 2. The molecule has 11 nitrogen and oxygen atoms in total. The van der Waals surface area contributed by atoms with Crippen molar-refractivity contribution in [3.63, 3.8) is 0 Å². The van der Waals surface area contributed by atoms with Crippen LogP contribution >= 0.6 is 0 Å². The van der Waals surface area contributed by atoms with Crippen molar-refractivity contribution < 1.29 is 42.1 Å². The summed E-state index contributed by atoms with van der Waals surface area (Å²) in [7, 11) is 0. The first kappa shape index (κ1) is 29.9. The number of halogens is 2. The number of carbonyl (C=O) groups is 3. The Morgan fingerprint density at radius 2 is 1.82 bits per heavy atom. The lowest BCUT2D eigenvalue weighted by Crippen LogP contribution is -2.46. The molecule has 0 unspecified atom stereocenters. The number of fused-ring (bicyclic) bond motifs is 2. The first-order valence-corrected chi connectivity index (χ1v) is 14.4. The minimum absolute atomic E-state index is 0.272. The zero-order valence-electron chi connectivity index (χ0n) is 24.4. The average Bonchev–Trinajstić information content (AvgIpc) is 3.64. The van der Waals surface area contributed by atoms with Gasteiger partial charge in [0.05, 0.1) is 30.0 Å². The summed E-state index contributed by atoms with van der Waals surface area (Å²) in [4.78, 5) is 36.7. The van der Waals surface area contributed by atoms with Crippen LogP contribution in [0.5, 0.6) is 17.2 Å². The van der Waals surface area contributed by atoms with Crippen molar-refractivity contribution >= 4 is 28.7 Å². The third-order valence-corrected chi connectivity index (χ3v) is 7.50. The topological polar surface area (TPSA) is 130 Å². The highest BCUT2D eigenvalue weighted by atomic mass is 19.3. The Kier molecular flexibility index (Phi) is 8.00. The Morgan fingerprint density at radius 1 is 1.02 bits per heavy atom. The van der Waals surface area contributed by atoms with Gasteiger partial charge in [-0.25, -0.2) is 9.48 Å². The van der Waals surface area contributed by atoms with Crippen LogP contribution in [0, 0.1) is 0 Å². The molecule has 0 radical (unpaired) electrons. The summed E-state index contributed by atoms with van der Waals surface area (Å²) in [5.41, 5.74) is 2.27. The van der Waals surface area contributed by atoms with Crippen LogP contribution in [-0.2, 0) is 14.3 Å². The number of ether oxygens (including phenoxy) is 4. The first-order chi connectivity index (χ1) is 21.6. The standard InChI is InChI=1S/C32H30F2N4O7/c1-18(36-31(41)32(2,33)34)28(19-6-9-26-27(16-19)43-13-12-42-26)45-23-7-8-25-21(15-23)17-35-38(25)22-5-3-4-20(14-22)29(39)37-24-10-11-44-30(24)40/h3-9,14-18,24,28H,10-13H2,1-2H3,(H,36,41)(H,37,39)/t18-,24-,28-/m0/s1. The van der Waals surface area contributed by atoms with E-state index in [2.05, 4.69) is 15.7 Å². The van der Waals surface area contributed by atoms with Gasteiger partial charge in [-0.2, -0.15) is 13.9 Å². The van der Waals surface area contributed by atoms with E-state index in [4.69, 9.17) is 18.9 Å². The van der Waals surface area contributed by atoms with E-state index in [9.17, 15) is 23.2 Å². The Morgan fingerprint density at radius 3 is 2.58 bits per heavy atom. The molecule has 13 heteroatoms. The number of benzene rings is 3. The van der Waals surface area contributed by atoms with Crippen LogP contribution in [0.2, 0.25) is 0 Å². The van der Waals surface area contributed by atoms with Gasteiger partial charge in [0, 0.05) is 24.3 Å². The molecule has 2 aliphatic heterocycles. The lowest BCUT2D eigenvalue weighted by Gasteiger charge is -2.28. The minimum atomic E-state index is -3.57. The SMILES string of the molecule is C[C@H](NC(=O)C(C)(F)F)[C@H](Oc1ccc2c(cnn2-c2cccc(C(=O)N[C@H]3CCOC3=O)c2)c1)c1ccc2c(c1)OCCO2. The van der Waals surface area contributed by atoms with Crippen LogP contribution in [0.3, 0.4) is 0 Å². The summed E-state index contributed by atoms with van der Waals surface area (Å²) in [5, 5.41) is 10.3. The highest BCUT2D eigenvalue weighted by Crippen LogP contribution is 2.36. The lowest BCUT2D eigenvalue weighted by molar-refractivity contribution is -0.144. The molecule has 3 heterocycles. The van der Waals surface area contributed by atoms with E-state index in [1.54, 1.807) is 78.5 Å². The number of aromatic nitrogens is 2. The molecule has 3 aromatic carbocycles. The molecule has 0 saturated carbocycles. The van der Waals surface area contributed by atoms with Crippen LogP contribution in [0.1, 0.15) is 42.3 Å².